The average Bonchev–Trinajstić information content (AvgIpc) is 3.12. The third-order valence-electron chi connectivity index (χ3n) is 3.55. The van der Waals surface area contributed by atoms with E-state index >= 15 is 0 Å². The van der Waals surface area contributed by atoms with Crippen molar-refractivity contribution in [1.29, 1.82) is 0 Å². The fourth-order valence-corrected chi connectivity index (χ4v) is 2.73. The number of halogens is 2. The molecule has 0 N–H and O–H groups in total. The summed E-state index contributed by atoms with van der Waals surface area (Å²) in [5, 5.41) is 11.1. The molecule has 0 atom stereocenters. The predicted octanol–water partition coefficient (Wildman–Crippen LogP) is 2.83. The standard InChI is InChI=1S/C9H8.C7H4Cl2O.C6H6O.Na/c1-2-5-9-7-3-6-8(9)4-1;8-6-2-1-3-7(9)5(6)4-10;7-6-4-2-1-3-5-6;/h1-6H,7H2;1-4H;1-5,7H;/q;;;+1/p-1. The summed E-state index contributed by atoms with van der Waals surface area (Å²) in [6.45, 7) is 0. The number of benzene rings is 3. The number of hydrogen-bond acceptors (Lipinski definition) is 2. The number of aldehydes is 1. The third kappa shape index (κ3) is 7.92. The molecule has 0 saturated carbocycles. The Labute approximate surface area is 191 Å². The number of allylic oxidation sites excluding steroid dienone is 1. The molecular formula is C22H17Cl2NaO2. The molecule has 5 heteroatoms. The van der Waals surface area contributed by atoms with Crippen LogP contribution in [0.5, 0.6) is 5.75 Å². The Morgan fingerprint density at radius 3 is 1.89 bits per heavy atom. The van der Waals surface area contributed by atoms with Crippen LogP contribution >= 0.6 is 23.2 Å². The van der Waals surface area contributed by atoms with Crippen LogP contribution < -0.4 is 34.7 Å². The van der Waals surface area contributed by atoms with Gasteiger partial charge in [-0.1, -0.05) is 96.0 Å². The Morgan fingerprint density at radius 1 is 0.815 bits per heavy atom. The summed E-state index contributed by atoms with van der Waals surface area (Å²) in [4.78, 5) is 10.3. The second-order valence-electron chi connectivity index (χ2n) is 5.37. The number of carbonyl (C=O) groups excluding carboxylic acids is 1. The molecule has 3 aromatic rings. The molecule has 0 bridgehead atoms. The molecule has 0 fully saturated rings. The number of carbonyl (C=O) groups is 1. The van der Waals surface area contributed by atoms with Gasteiger partial charge in [-0.05, 0) is 29.7 Å². The van der Waals surface area contributed by atoms with Crippen LogP contribution in [0.15, 0.2) is 78.9 Å². The Bertz CT molecular complexity index is 860. The van der Waals surface area contributed by atoms with Crippen LogP contribution in [0.2, 0.25) is 10.0 Å². The summed E-state index contributed by atoms with van der Waals surface area (Å²) in [6.07, 6.45) is 6.14. The van der Waals surface area contributed by atoms with Crippen LogP contribution in [0, 0.1) is 0 Å². The largest absolute Gasteiger partial charge is 1.00 e. The van der Waals surface area contributed by atoms with E-state index in [0.29, 0.717) is 21.9 Å². The molecule has 0 saturated heterocycles. The number of para-hydroxylation sites is 1. The van der Waals surface area contributed by atoms with Crippen molar-refractivity contribution in [2.75, 3.05) is 0 Å². The first-order valence-electron chi connectivity index (χ1n) is 7.97. The Balaban J connectivity index is 0.000000202. The summed E-state index contributed by atoms with van der Waals surface area (Å²) in [5.41, 5.74) is 3.20. The molecule has 0 radical (unpaired) electrons. The summed E-state index contributed by atoms with van der Waals surface area (Å²) < 4.78 is 0. The van der Waals surface area contributed by atoms with Gasteiger partial charge in [0.05, 0.1) is 15.6 Å². The zero-order chi connectivity index (χ0) is 18.8. The van der Waals surface area contributed by atoms with Crippen molar-refractivity contribution < 1.29 is 39.5 Å². The molecule has 1 aliphatic carbocycles. The van der Waals surface area contributed by atoms with Crippen molar-refractivity contribution in [2.45, 2.75) is 6.42 Å². The molecule has 0 amide bonds. The normalized spacial score (nSPS) is 10.3. The van der Waals surface area contributed by atoms with Gasteiger partial charge >= 0.3 is 29.6 Å². The SMILES string of the molecule is C1=Cc2ccccc2C1.O=Cc1c(Cl)cccc1Cl.[Na+].[O-]c1ccccc1. The molecule has 2 nitrogen and oxygen atoms in total. The Morgan fingerprint density at radius 2 is 1.41 bits per heavy atom. The minimum Gasteiger partial charge on any atom is -0.872 e. The van der Waals surface area contributed by atoms with Crippen molar-refractivity contribution in [3.63, 3.8) is 0 Å². The van der Waals surface area contributed by atoms with E-state index in [1.165, 1.54) is 23.3 Å². The van der Waals surface area contributed by atoms with E-state index < -0.39 is 0 Å². The van der Waals surface area contributed by atoms with E-state index in [1.807, 2.05) is 6.07 Å². The first-order chi connectivity index (χ1) is 12.6. The second-order valence-corrected chi connectivity index (χ2v) is 6.19. The number of fused-ring (bicyclic) bond motifs is 1. The molecule has 27 heavy (non-hydrogen) atoms. The Kier molecular flexibility index (Phi) is 11.1. The molecule has 0 spiro atoms. The zero-order valence-electron chi connectivity index (χ0n) is 14.9. The van der Waals surface area contributed by atoms with Gasteiger partial charge in [-0.3, -0.25) is 4.79 Å². The van der Waals surface area contributed by atoms with Crippen LogP contribution in [0.3, 0.4) is 0 Å². The predicted molar refractivity (Wildman–Crippen MR) is 107 cm³/mol. The first-order valence-corrected chi connectivity index (χ1v) is 8.73. The van der Waals surface area contributed by atoms with Crippen molar-refractivity contribution in [1.82, 2.24) is 0 Å². The van der Waals surface area contributed by atoms with E-state index in [2.05, 4.69) is 36.4 Å². The van der Waals surface area contributed by atoms with Crippen molar-refractivity contribution in [2.24, 2.45) is 0 Å². The van der Waals surface area contributed by atoms with E-state index in [4.69, 9.17) is 23.2 Å². The molecule has 4 rings (SSSR count). The molecular weight excluding hydrogens is 390 g/mol. The van der Waals surface area contributed by atoms with Crippen molar-refractivity contribution in [3.8, 4) is 5.75 Å². The van der Waals surface area contributed by atoms with Gasteiger partial charge in [0.2, 0.25) is 0 Å². The van der Waals surface area contributed by atoms with Crippen LogP contribution in [-0.4, -0.2) is 6.29 Å². The monoisotopic (exact) mass is 406 g/mol. The quantitative estimate of drug-likeness (QED) is 0.460. The van der Waals surface area contributed by atoms with Gasteiger partial charge in [0.1, 0.15) is 0 Å². The van der Waals surface area contributed by atoms with Crippen molar-refractivity contribution in [3.05, 3.63) is 106 Å². The molecule has 0 heterocycles. The van der Waals surface area contributed by atoms with Gasteiger partial charge in [-0.25, -0.2) is 0 Å². The van der Waals surface area contributed by atoms with Crippen LogP contribution in [0.1, 0.15) is 21.5 Å². The molecule has 132 valence electrons. The van der Waals surface area contributed by atoms with Gasteiger partial charge in [-0.2, -0.15) is 0 Å². The Hall–Kier alpha value is -1.55. The maximum atomic E-state index is 10.3. The van der Waals surface area contributed by atoms with Gasteiger partial charge in [0.15, 0.2) is 6.29 Å². The fraction of sp³-hybridized carbons (Fsp3) is 0.0455. The summed E-state index contributed by atoms with van der Waals surface area (Å²) in [6, 6.07) is 21.8. The van der Waals surface area contributed by atoms with Crippen LogP contribution in [-0.2, 0) is 6.42 Å². The molecule has 0 unspecified atom stereocenters. The minimum absolute atomic E-state index is 0. The zero-order valence-corrected chi connectivity index (χ0v) is 18.5. The van der Waals surface area contributed by atoms with Gasteiger partial charge in [0, 0.05) is 0 Å². The van der Waals surface area contributed by atoms with E-state index in [1.54, 1.807) is 30.3 Å². The maximum Gasteiger partial charge on any atom is 1.00 e. The smallest absolute Gasteiger partial charge is 0.872 e. The molecule has 1 aliphatic rings. The molecule has 0 aliphatic heterocycles. The number of rotatable bonds is 1. The third-order valence-corrected chi connectivity index (χ3v) is 4.21. The first kappa shape index (κ1) is 23.5. The van der Waals surface area contributed by atoms with Gasteiger partial charge in [0.25, 0.3) is 0 Å². The molecule has 0 aromatic heterocycles. The van der Waals surface area contributed by atoms with Crippen LogP contribution in [0.25, 0.3) is 6.08 Å². The topological polar surface area (TPSA) is 40.1 Å². The fourth-order valence-electron chi connectivity index (χ4n) is 2.24. The number of hydrogen-bond donors (Lipinski definition) is 0. The maximum absolute atomic E-state index is 10.3. The van der Waals surface area contributed by atoms with E-state index in [-0.39, 0.29) is 35.3 Å². The summed E-state index contributed by atoms with van der Waals surface area (Å²) >= 11 is 11.2. The van der Waals surface area contributed by atoms with Gasteiger partial charge < -0.3 is 5.11 Å². The second kappa shape index (κ2) is 12.8. The van der Waals surface area contributed by atoms with Crippen LogP contribution in [0.4, 0.5) is 0 Å². The summed E-state index contributed by atoms with van der Waals surface area (Å²) in [7, 11) is 0. The van der Waals surface area contributed by atoms with E-state index in [0.717, 1.165) is 6.42 Å². The molecule has 3 aromatic carbocycles. The summed E-state index contributed by atoms with van der Waals surface area (Å²) in [5.74, 6) is 0.0718. The van der Waals surface area contributed by atoms with Gasteiger partial charge in [-0.15, -0.1) is 5.75 Å². The average molecular weight is 407 g/mol. The van der Waals surface area contributed by atoms with E-state index in [9.17, 15) is 9.90 Å². The minimum atomic E-state index is 0. The van der Waals surface area contributed by atoms with Crippen molar-refractivity contribution >= 4 is 35.6 Å².